The molecule has 2 nitrogen and oxygen atoms in total. The van der Waals surface area contributed by atoms with E-state index in [1.807, 2.05) is 0 Å². The van der Waals surface area contributed by atoms with Crippen molar-refractivity contribution < 1.29 is 0 Å². The van der Waals surface area contributed by atoms with Crippen LogP contribution in [0.25, 0.3) is 0 Å². The zero-order chi connectivity index (χ0) is 3.86. The summed E-state index contributed by atoms with van der Waals surface area (Å²) in [6.45, 7) is 0. The Morgan fingerprint density at radius 2 is 1.40 bits per heavy atom. The smallest absolute Gasteiger partial charge is 0.247 e. The Morgan fingerprint density at radius 1 is 1.20 bits per heavy atom. The van der Waals surface area contributed by atoms with Gasteiger partial charge in [-0.05, 0) is 8.19 Å². The Bertz CT molecular complexity index is 158. The third kappa shape index (κ3) is 0.308. The zero-order valence-corrected chi connectivity index (χ0v) is 3.32. The molecule has 0 radical (unpaired) electrons. The Kier molecular flexibility index (Phi) is 0.329. The monoisotopic (exact) mass is 88.0 g/mol. The van der Waals surface area contributed by atoms with Crippen molar-refractivity contribution >= 4 is 8.19 Å². The number of hydrogen-bond donors (Lipinski definition) is 0. The average Bonchev–Trinajstić information content (AvgIpc) is 1.79. The summed E-state index contributed by atoms with van der Waals surface area (Å²) in [5.41, 5.74) is 0. The second kappa shape index (κ2) is 0.575. The maximum absolute atomic E-state index is 9.55. The zero-order valence-electron chi connectivity index (χ0n) is 2.32. The van der Waals surface area contributed by atoms with E-state index in [-0.39, 0.29) is 18.5 Å². The van der Waals surface area contributed by atoms with Gasteiger partial charge in [-0.1, -0.05) is 0 Å². The summed E-state index contributed by atoms with van der Waals surface area (Å²) in [5, 5.41) is -0.380. The van der Waals surface area contributed by atoms with Crippen LogP contribution in [0.5, 0.6) is 0 Å². The molecule has 0 aliphatic carbocycles. The molecule has 0 bridgehead atoms. The van der Waals surface area contributed by atoms with E-state index in [9.17, 15) is 9.59 Å². The maximum Gasteiger partial charge on any atom is 0.247 e. The average molecular weight is 88.0 g/mol. The van der Waals surface area contributed by atoms with Gasteiger partial charge >= 0.3 is 0 Å². The lowest BCUT2D eigenvalue weighted by Crippen LogP contribution is -1.88. The van der Waals surface area contributed by atoms with Crippen molar-refractivity contribution in [3.63, 3.8) is 0 Å². The van der Waals surface area contributed by atoms with Gasteiger partial charge in [0.2, 0.25) is 10.3 Å². The SMILES string of the molecule is O=c1[pH]c1=O. The first-order chi connectivity index (χ1) is 2.30. The second-order valence-corrected chi connectivity index (χ2v) is 1.94. The Labute approximate surface area is 29.2 Å². The highest BCUT2D eigenvalue weighted by molar-refractivity contribution is 7.33. The highest BCUT2D eigenvalue weighted by Crippen LogP contribution is 1.77. The molecule has 0 unspecified atom stereocenters. The van der Waals surface area contributed by atoms with Crippen LogP contribution in [0.1, 0.15) is 0 Å². The quantitative estimate of drug-likeness (QED) is 0.393. The third-order valence-corrected chi connectivity index (χ3v) is 1.03. The van der Waals surface area contributed by atoms with Gasteiger partial charge in [0.15, 0.2) is 0 Å². The normalized spacial score (nSPS) is 9.60. The minimum Gasteiger partial charge on any atom is -0.281 e. The van der Waals surface area contributed by atoms with Gasteiger partial charge < -0.3 is 0 Å². The Balaban J connectivity index is 3.70. The van der Waals surface area contributed by atoms with E-state index in [1.165, 1.54) is 0 Å². The molecule has 1 aromatic rings. The molecule has 26 valence electrons. The lowest BCUT2D eigenvalue weighted by Gasteiger charge is -1.15. The van der Waals surface area contributed by atoms with Gasteiger partial charge in [0.1, 0.15) is 0 Å². The molecule has 0 saturated heterocycles. The van der Waals surface area contributed by atoms with Crippen LogP contribution in [-0.4, -0.2) is 0 Å². The van der Waals surface area contributed by atoms with Gasteiger partial charge in [-0.3, -0.25) is 9.59 Å². The van der Waals surface area contributed by atoms with Crippen molar-refractivity contribution in [1.29, 1.82) is 0 Å². The molecule has 0 aliphatic heterocycles. The lowest BCUT2D eigenvalue weighted by atomic mass is 11.1. The fourth-order valence-electron chi connectivity index (χ4n) is 0.0719. The summed E-state index contributed by atoms with van der Waals surface area (Å²) in [4.78, 5) is 19.1. The molecule has 0 amide bonds. The van der Waals surface area contributed by atoms with Crippen molar-refractivity contribution in [3.8, 4) is 0 Å². The molecule has 1 rings (SSSR count). The summed E-state index contributed by atoms with van der Waals surface area (Å²) in [6, 6.07) is 0. The van der Waals surface area contributed by atoms with Gasteiger partial charge in [-0.25, -0.2) is 0 Å². The molecule has 0 aliphatic rings. The predicted molar refractivity (Wildman–Crippen MR) is 20.9 cm³/mol. The van der Waals surface area contributed by atoms with Gasteiger partial charge in [0.05, 0.1) is 0 Å². The van der Waals surface area contributed by atoms with Crippen molar-refractivity contribution in [2.45, 2.75) is 0 Å². The van der Waals surface area contributed by atoms with E-state index in [4.69, 9.17) is 0 Å². The summed E-state index contributed by atoms with van der Waals surface area (Å²) >= 11 is 0. The summed E-state index contributed by atoms with van der Waals surface area (Å²) in [7, 11) is 0.00309. The van der Waals surface area contributed by atoms with E-state index in [0.717, 1.165) is 0 Å². The highest BCUT2D eigenvalue weighted by atomic mass is 31.0. The molecule has 0 N–H and O–H groups in total. The molecule has 0 atom stereocenters. The van der Waals surface area contributed by atoms with Crippen LogP contribution < -0.4 is 10.3 Å². The first-order valence-corrected chi connectivity index (χ1v) is 2.16. The van der Waals surface area contributed by atoms with Crippen LogP contribution >= 0.6 is 8.19 Å². The van der Waals surface area contributed by atoms with Crippen molar-refractivity contribution in [3.05, 3.63) is 19.9 Å². The minimum absolute atomic E-state index is 0.00309. The first kappa shape index (κ1) is 2.86. The standard InChI is InChI=1S/C2HO2P/c3-1-2(4)5-1/h5H. The number of hydrogen-bond acceptors (Lipinski definition) is 2. The van der Waals surface area contributed by atoms with Crippen LogP contribution in [0.3, 0.4) is 0 Å². The lowest BCUT2D eigenvalue weighted by molar-refractivity contribution is 1.91. The van der Waals surface area contributed by atoms with E-state index in [2.05, 4.69) is 0 Å². The van der Waals surface area contributed by atoms with Crippen LogP contribution in [0.4, 0.5) is 0 Å². The molecule has 0 fully saturated rings. The molecule has 0 aromatic carbocycles. The van der Waals surface area contributed by atoms with Crippen LogP contribution in [-0.2, 0) is 0 Å². The van der Waals surface area contributed by atoms with Crippen LogP contribution in [0.2, 0.25) is 0 Å². The molecule has 1 aromatic heterocycles. The fourth-order valence-corrected chi connectivity index (χ4v) is 0.216. The number of rotatable bonds is 0. The van der Waals surface area contributed by atoms with E-state index >= 15 is 0 Å². The summed E-state index contributed by atoms with van der Waals surface area (Å²) in [5.74, 6) is 0. The topological polar surface area (TPSA) is 34.1 Å². The van der Waals surface area contributed by atoms with E-state index in [0.29, 0.717) is 0 Å². The molecule has 1 heterocycles. The summed E-state index contributed by atoms with van der Waals surface area (Å²) in [6.07, 6.45) is 0. The van der Waals surface area contributed by atoms with Gasteiger partial charge in [0.25, 0.3) is 0 Å². The summed E-state index contributed by atoms with van der Waals surface area (Å²) < 4.78 is 0. The molecule has 0 spiro atoms. The first-order valence-electron chi connectivity index (χ1n) is 1.16. The van der Waals surface area contributed by atoms with Crippen molar-refractivity contribution in [2.75, 3.05) is 0 Å². The molecular formula is C2HO2P. The maximum atomic E-state index is 9.55. The van der Waals surface area contributed by atoms with Crippen LogP contribution in [0.15, 0.2) is 9.59 Å². The largest absolute Gasteiger partial charge is 0.281 e. The predicted octanol–water partition coefficient (Wildman–Crippen LogP) is -0.686. The Hall–Kier alpha value is -0.360. The molecular weight excluding hydrogens is 87.0 g/mol. The second-order valence-electron chi connectivity index (χ2n) is 0.783. The van der Waals surface area contributed by atoms with E-state index in [1.54, 1.807) is 0 Å². The molecule has 0 saturated carbocycles. The van der Waals surface area contributed by atoms with Gasteiger partial charge in [-0.15, -0.1) is 0 Å². The van der Waals surface area contributed by atoms with Gasteiger partial charge in [-0.2, -0.15) is 0 Å². The fraction of sp³-hybridized carbons (Fsp3) is 0. The van der Waals surface area contributed by atoms with Crippen molar-refractivity contribution in [2.24, 2.45) is 0 Å². The molecule has 5 heavy (non-hydrogen) atoms. The van der Waals surface area contributed by atoms with Crippen LogP contribution in [0, 0.1) is 0 Å². The Morgan fingerprint density at radius 3 is 1.40 bits per heavy atom. The molecule has 3 heteroatoms. The third-order valence-electron chi connectivity index (χ3n) is 0.371. The minimum atomic E-state index is -0.190. The van der Waals surface area contributed by atoms with E-state index < -0.39 is 0 Å². The highest BCUT2D eigenvalue weighted by Gasteiger charge is 1.96. The van der Waals surface area contributed by atoms with Crippen molar-refractivity contribution in [1.82, 2.24) is 0 Å². The van der Waals surface area contributed by atoms with Gasteiger partial charge in [0, 0.05) is 0 Å².